The summed E-state index contributed by atoms with van der Waals surface area (Å²) in [5.74, 6) is 1.84. The van der Waals surface area contributed by atoms with Gasteiger partial charge in [0.25, 0.3) is 0 Å². The van der Waals surface area contributed by atoms with Crippen LogP contribution in [0.25, 0.3) is 10.9 Å². The van der Waals surface area contributed by atoms with Crippen LogP contribution in [-0.2, 0) is 6.54 Å². The summed E-state index contributed by atoms with van der Waals surface area (Å²) in [6, 6.07) is 19.7. The van der Waals surface area contributed by atoms with Crippen molar-refractivity contribution < 1.29 is 0 Å². The number of fused-ring (bicyclic) bond motifs is 2. The van der Waals surface area contributed by atoms with Crippen molar-refractivity contribution in [3.05, 3.63) is 66.4 Å². The smallest absolute Gasteiger partial charge is 0.0480 e. The first-order chi connectivity index (χ1) is 9.42. The maximum Gasteiger partial charge on any atom is 0.0480 e. The molecule has 2 heterocycles. The lowest BCUT2D eigenvalue weighted by molar-refractivity contribution is 0.623. The molecule has 0 saturated heterocycles. The van der Waals surface area contributed by atoms with Crippen LogP contribution in [0.5, 0.6) is 0 Å². The maximum atomic E-state index is 2.39. The van der Waals surface area contributed by atoms with Crippen molar-refractivity contribution in [2.75, 3.05) is 5.75 Å². The number of nitrogens with zero attached hydrogens (tertiary/aromatic N) is 1. The third-order valence-electron chi connectivity index (χ3n) is 3.90. The summed E-state index contributed by atoms with van der Waals surface area (Å²) in [5, 5.41) is 1.33. The molecule has 2 aromatic carbocycles. The predicted molar refractivity (Wildman–Crippen MR) is 81.8 cm³/mol. The average molecular weight is 265 g/mol. The Morgan fingerprint density at radius 3 is 2.84 bits per heavy atom. The van der Waals surface area contributed by atoms with Gasteiger partial charge in [-0.05, 0) is 29.1 Å². The normalized spacial score (nSPS) is 17.8. The monoisotopic (exact) mass is 265 g/mol. The van der Waals surface area contributed by atoms with E-state index in [1.54, 1.807) is 0 Å². The quantitative estimate of drug-likeness (QED) is 0.659. The molecule has 0 amide bonds. The summed E-state index contributed by atoms with van der Waals surface area (Å²) in [5.41, 5.74) is 2.86. The van der Waals surface area contributed by atoms with Crippen LogP contribution in [0.4, 0.5) is 0 Å². The molecule has 0 fully saturated rings. The van der Waals surface area contributed by atoms with Crippen molar-refractivity contribution in [1.29, 1.82) is 0 Å². The lowest BCUT2D eigenvalue weighted by Gasteiger charge is -2.13. The molecule has 94 valence electrons. The van der Waals surface area contributed by atoms with Crippen LogP contribution >= 0.6 is 11.8 Å². The number of thioether (sulfide) groups is 1. The summed E-state index contributed by atoms with van der Waals surface area (Å²) >= 11 is 1.99. The topological polar surface area (TPSA) is 4.93 Å². The molecule has 3 aromatic rings. The van der Waals surface area contributed by atoms with Crippen LogP contribution in [0.3, 0.4) is 0 Å². The van der Waals surface area contributed by atoms with Crippen LogP contribution in [0.15, 0.2) is 65.7 Å². The molecule has 0 saturated carbocycles. The summed E-state index contributed by atoms with van der Waals surface area (Å²) in [6.07, 6.45) is 2.22. The van der Waals surface area contributed by atoms with Gasteiger partial charge in [0.15, 0.2) is 0 Å². The highest BCUT2D eigenvalue weighted by Crippen LogP contribution is 2.40. The van der Waals surface area contributed by atoms with Gasteiger partial charge >= 0.3 is 0 Å². The van der Waals surface area contributed by atoms with Gasteiger partial charge in [-0.3, -0.25) is 0 Å². The summed E-state index contributed by atoms with van der Waals surface area (Å²) in [4.78, 5) is 1.46. The minimum atomic E-state index is 0.636. The van der Waals surface area contributed by atoms with Crippen molar-refractivity contribution in [3.63, 3.8) is 0 Å². The number of benzene rings is 2. The highest BCUT2D eigenvalue weighted by Gasteiger charge is 2.23. The molecule has 4 rings (SSSR count). The molecule has 1 aliphatic heterocycles. The average Bonchev–Trinajstić information content (AvgIpc) is 3.05. The Morgan fingerprint density at radius 2 is 1.84 bits per heavy atom. The molecular weight excluding hydrogens is 250 g/mol. The Hall–Kier alpha value is -1.67. The van der Waals surface area contributed by atoms with E-state index in [0.717, 1.165) is 6.54 Å². The maximum absolute atomic E-state index is 2.39. The Morgan fingerprint density at radius 1 is 1.00 bits per heavy atom. The van der Waals surface area contributed by atoms with Gasteiger partial charge in [-0.15, -0.1) is 11.8 Å². The van der Waals surface area contributed by atoms with E-state index in [-0.39, 0.29) is 0 Å². The van der Waals surface area contributed by atoms with Crippen molar-refractivity contribution in [1.82, 2.24) is 4.57 Å². The molecule has 1 aromatic heterocycles. The van der Waals surface area contributed by atoms with E-state index in [9.17, 15) is 0 Å². The van der Waals surface area contributed by atoms with Gasteiger partial charge in [0, 0.05) is 34.8 Å². The first kappa shape index (κ1) is 11.2. The van der Waals surface area contributed by atoms with Gasteiger partial charge in [-0.1, -0.05) is 36.4 Å². The first-order valence-electron chi connectivity index (χ1n) is 6.67. The summed E-state index contributed by atoms with van der Waals surface area (Å²) in [7, 11) is 0. The Labute approximate surface area is 117 Å². The van der Waals surface area contributed by atoms with Crippen molar-refractivity contribution >= 4 is 22.7 Å². The molecule has 0 bridgehead atoms. The molecule has 0 aliphatic carbocycles. The van der Waals surface area contributed by atoms with E-state index in [2.05, 4.69) is 65.4 Å². The highest BCUT2D eigenvalue weighted by molar-refractivity contribution is 7.99. The zero-order valence-electron chi connectivity index (χ0n) is 10.6. The minimum absolute atomic E-state index is 0.636. The molecule has 1 nitrogen and oxygen atoms in total. The van der Waals surface area contributed by atoms with Gasteiger partial charge in [0.1, 0.15) is 0 Å². The van der Waals surface area contributed by atoms with E-state index in [1.807, 2.05) is 11.8 Å². The number of hydrogen-bond acceptors (Lipinski definition) is 1. The minimum Gasteiger partial charge on any atom is -0.347 e. The van der Waals surface area contributed by atoms with Crippen molar-refractivity contribution in [2.45, 2.75) is 17.4 Å². The Balaban J connectivity index is 1.70. The van der Waals surface area contributed by atoms with Crippen LogP contribution in [0, 0.1) is 0 Å². The predicted octanol–water partition coefficient (Wildman–Crippen LogP) is 4.53. The van der Waals surface area contributed by atoms with Gasteiger partial charge in [0.2, 0.25) is 0 Å². The van der Waals surface area contributed by atoms with Crippen molar-refractivity contribution in [3.8, 4) is 0 Å². The molecule has 1 aliphatic rings. The molecular formula is C17H15NS. The van der Waals surface area contributed by atoms with Gasteiger partial charge < -0.3 is 4.57 Å². The van der Waals surface area contributed by atoms with Gasteiger partial charge in [-0.2, -0.15) is 0 Å². The van der Waals surface area contributed by atoms with Gasteiger partial charge in [-0.25, -0.2) is 0 Å². The van der Waals surface area contributed by atoms with E-state index in [1.165, 1.54) is 27.1 Å². The van der Waals surface area contributed by atoms with Crippen molar-refractivity contribution in [2.24, 2.45) is 0 Å². The Kier molecular flexibility index (Phi) is 2.63. The highest BCUT2D eigenvalue weighted by atomic mass is 32.2. The largest absolute Gasteiger partial charge is 0.347 e. The second-order valence-electron chi connectivity index (χ2n) is 5.07. The van der Waals surface area contributed by atoms with Crippen LogP contribution in [0.2, 0.25) is 0 Å². The molecule has 1 unspecified atom stereocenters. The molecule has 0 N–H and O–H groups in total. The first-order valence-corrected chi connectivity index (χ1v) is 7.66. The number of hydrogen-bond donors (Lipinski definition) is 0. The summed E-state index contributed by atoms with van der Waals surface area (Å²) < 4.78 is 2.39. The second kappa shape index (κ2) is 4.46. The van der Waals surface area contributed by atoms with Crippen LogP contribution < -0.4 is 0 Å². The van der Waals surface area contributed by atoms with Gasteiger partial charge in [0.05, 0.1) is 0 Å². The van der Waals surface area contributed by atoms with Crippen LogP contribution in [0.1, 0.15) is 11.5 Å². The SMILES string of the molecule is c1ccc2c(c1)SCC2Cn1ccc2ccccc21. The number of para-hydroxylation sites is 1. The van der Waals surface area contributed by atoms with Crippen LogP contribution in [-0.4, -0.2) is 10.3 Å². The standard InChI is InChI=1S/C17H15NS/c1-3-7-16-13(5-1)9-10-18(16)11-14-12-19-17-8-4-2-6-15(14)17/h1-10,14H,11-12H2. The fourth-order valence-electron chi connectivity index (χ4n) is 2.92. The van der Waals surface area contributed by atoms with E-state index >= 15 is 0 Å². The fourth-order valence-corrected chi connectivity index (χ4v) is 4.16. The number of rotatable bonds is 2. The van der Waals surface area contributed by atoms with E-state index < -0.39 is 0 Å². The third-order valence-corrected chi connectivity index (χ3v) is 5.15. The third kappa shape index (κ3) is 1.87. The zero-order chi connectivity index (χ0) is 12.7. The fraction of sp³-hybridized carbons (Fsp3) is 0.176. The summed E-state index contributed by atoms with van der Waals surface area (Å²) in [6.45, 7) is 1.08. The number of aromatic nitrogens is 1. The Bertz CT molecular complexity index is 729. The second-order valence-corrected chi connectivity index (χ2v) is 6.13. The molecule has 2 heteroatoms. The molecule has 0 spiro atoms. The lowest BCUT2D eigenvalue weighted by atomic mass is 10.0. The van der Waals surface area contributed by atoms with E-state index in [0.29, 0.717) is 5.92 Å². The van der Waals surface area contributed by atoms with E-state index in [4.69, 9.17) is 0 Å². The molecule has 0 radical (unpaired) electrons. The molecule has 19 heavy (non-hydrogen) atoms. The lowest BCUT2D eigenvalue weighted by Crippen LogP contribution is -2.07. The molecule has 1 atom stereocenters. The zero-order valence-corrected chi connectivity index (χ0v) is 11.4.